The monoisotopic (exact) mass is 221 g/mol. The fourth-order valence-corrected chi connectivity index (χ4v) is 2.88. The summed E-state index contributed by atoms with van der Waals surface area (Å²) in [5.74, 6) is 0. The number of hydrogen-bond acceptors (Lipinski definition) is 2. The molecule has 0 bridgehead atoms. The van der Waals surface area contributed by atoms with Crippen LogP contribution >= 0.6 is 0 Å². The third-order valence-corrected chi connectivity index (χ3v) is 3.78. The van der Waals surface area contributed by atoms with E-state index >= 15 is 0 Å². The fraction of sp³-hybridized carbons (Fsp3) is 1.00. The van der Waals surface area contributed by atoms with E-state index in [2.05, 4.69) is 11.8 Å². The molecule has 1 spiro atoms. The Kier molecular flexibility index (Phi) is 5.60. The van der Waals surface area contributed by atoms with Crippen molar-refractivity contribution in [2.24, 2.45) is 5.41 Å². The third kappa shape index (κ3) is 3.03. The molecule has 14 heavy (non-hydrogen) atoms. The molecule has 3 heteroatoms. The smallest absolute Gasteiger partial charge is 0.852 e. The molecule has 0 N–H and O–H groups in total. The molecule has 1 saturated carbocycles. The van der Waals surface area contributed by atoms with Crippen molar-refractivity contribution < 1.29 is 56.5 Å². The summed E-state index contributed by atoms with van der Waals surface area (Å²) in [7, 11) is 0. The van der Waals surface area contributed by atoms with Crippen molar-refractivity contribution in [1.82, 2.24) is 4.90 Å². The van der Waals surface area contributed by atoms with Crippen LogP contribution in [0.5, 0.6) is 0 Å². The zero-order chi connectivity index (χ0) is 9.31. The standard InChI is InChI=1S/C11H20NO.K/c1-2-5-12-6-3-11(4-7-12)8-10(13)9-11;/h10H,2-9H2,1H3;/q-1;+1. The molecule has 2 nitrogen and oxygen atoms in total. The normalized spacial score (nSPS) is 27.0. The quantitative estimate of drug-likeness (QED) is 0.505. The van der Waals surface area contributed by atoms with E-state index in [1.807, 2.05) is 0 Å². The summed E-state index contributed by atoms with van der Waals surface area (Å²) in [5, 5.41) is 11.0. The molecule has 76 valence electrons. The number of likely N-dealkylation sites (tertiary alicyclic amines) is 1. The van der Waals surface area contributed by atoms with Gasteiger partial charge in [-0.2, -0.15) is 0 Å². The van der Waals surface area contributed by atoms with E-state index in [0.29, 0.717) is 5.41 Å². The minimum absolute atomic E-state index is 0. The Hall–Kier alpha value is 1.56. The van der Waals surface area contributed by atoms with E-state index in [4.69, 9.17) is 0 Å². The van der Waals surface area contributed by atoms with Crippen LogP contribution in [0.1, 0.15) is 39.0 Å². The molecule has 1 aliphatic heterocycles. The van der Waals surface area contributed by atoms with Gasteiger partial charge in [0.2, 0.25) is 0 Å². The van der Waals surface area contributed by atoms with Gasteiger partial charge in [0.25, 0.3) is 0 Å². The second-order valence-electron chi connectivity index (χ2n) is 4.87. The van der Waals surface area contributed by atoms with Gasteiger partial charge in [0.05, 0.1) is 0 Å². The van der Waals surface area contributed by atoms with Crippen molar-refractivity contribution in [1.29, 1.82) is 0 Å². The Morgan fingerprint density at radius 2 is 1.86 bits per heavy atom. The molecular weight excluding hydrogens is 201 g/mol. The topological polar surface area (TPSA) is 26.3 Å². The average Bonchev–Trinajstić information content (AvgIpc) is 2.07. The largest absolute Gasteiger partial charge is 1.00 e. The molecule has 0 aromatic carbocycles. The molecule has 1 heterocycles. The first kappa shape index (κ1) is 13.6. The first-order valence-corrected chi connectivity index (χ1v) is 5.62. The summed E-state index contributed by atoms with van der Waals surface area (Å²) in [4.78, 5) is 2.55. The first-order chi connectivity index (χ1) is 6.24. The summed E-state index contributed by atoms with van der Waals surface area (Å²) >= 11 is 0. The van der Waals surface area contributed by atoms with Crippen molar-refractivity contribution >= 4 is 0 Å². The van der Waals surface area contributed by atoms with Crippen LogP contribution in [-0.4, -0.2) is 30.6 Å². The van der Waals surface area contributed by atoms with E-state index in [9.17, 15) is 5.11 Å². The Morgan fingerprint density at radius 1 is 1.29 bits per heavy atom. The molecule has 2 aliphatic rings. The maximum atomic E-state index is 11.0. The predicted octanol–water partition coefficient (Wildman–Crippen LogP) is -1.99. The van der Waals surface area contributed by atoms with E-state index < -0.39 is 0 Å². The maximum absolute atomic E-state index is 11.0. The molecule has 1 saturated heterocycles. The van der Waals surface area contributed by atoms with Gasteiger partial charge in [-0.3, -0.25) is 0 Å². The van der Waals surface area contributed by atoms with Crippen LogP contribution in [0, 0.1) is 5.41 Å². The van der Waals surface area contributed by atoms with Crippen molar-refractivity contribution in [3.8, 4) is 0 Å². The molecule has 0 aromatic heterocycles. The summed E-state index contributed by atoms with van der Waals surface area (Å²) in [6.45, 7) is 5.96. The second-order valence-corrected chi connectivity index (χ2v) is 4.87. The van der Waals surface area contributed by atoms with Gasteiger partial charge < -0.3 is 10.0 Å². The van der Waals surface area contributed by atoms with Gasteiger partial charge in [0.1, 0.15) is 0 Å². The number of piperidine rings is 1. The molecule has 0 aromatic rings. The minimum Gasteiger partial charge on any atom is -0.852 e. The first-order valence-electron chi connectivity index (χ1n) is 5.62. The minimum atomic E-state index is -0.224. The predicted molar refractivity (Wildman–Crippen MR) is 51.4 cm³/mol. The zero-order valence-electron chi connectivity index (χ0n) is 9.59. The van der Waals surface area contributed by atoms with Crippen molar-refractivity contribution in [2.75, 3.05) is 19.6 Å². The summed E-state index contributed by atoms with van der Waals surface area (Å²) in [6.07, 6.45) is 5.53. The number of nitrogens with zero attached hydrogens (tertiary/aromatic N) is 1. The van der Waals surface area contributed by atoms with Crippen LogP contribution in [0.15, 0.2) is 0 Å². The molecule has 2 fully saturated rings. The zero-order valence-corrected chi connectivity index (χ0v) is 12.7. The van der Waals surface area contributed by atoms with Gasteiger partial charge in [0.15, 0.2) is 0 Å². The van der Waals surface area contributed by atoms with Crippen LogP contribution in [-0.2, 0) is 0 Å². The van der Waals surface area contributed by atoms with Gasteiger partial charge in [-0.25, -0.2) is 0 Å². The SMILES string of the molecule is CCCN1CCC2(CC1)CC([O-])C2.[K+]. The van der Waals surface area contributed by atoms with E-state index in [1.165, 1.54) is 38.9 Å². The van der Waals surface area contributed by atoms with Crippen LogP contribution in [0.25, 0.3) is 0 Å². The van der Waals surface area contributed by atoms with Crippen LogP contribution < -0.4 is 56.5 Å². The molecule has 0 amide bonds. The van der Waals surface area contributed by atoms with Crippen LogP contribution in [0.2, 0.25) is 0 Å². The third-order valence-electron chi connectivity index (χ3n) is 3.78. The van der Waals surface area contributed by atoms with Gasteiger partial charge in [-0.05, 0) is 44.3 Å². The van der Waals surface area contributed by atoms with Gasteiger partial charge >= 0.3 is 51.4 Å². The van der Waals surface area contributed by atoms with E-state index in [-0.39, 0.29) is 57.5 Å². The average molecular weight is 221 g/mol. The Balaban J connectivity index is 0.000000980. The van der Waals surface area contributed by atoms with Gasteiger partial charge in [-0.1, -0.05) is 19.8 Å². The molecule has 2 rings (SSSR count). The fourth-order valence-electron chi connectivity index (χ4n) is 2.88. The summed E-state index contributed by atoms with van der Waals surface area (Å²) in [5.41, 5.74) is 0.497. The van der Waals surface area contributed by atoms with E-state index in [1.54, 1.807) is 0 Å². The van der Waals surface area contributed by atoms with Crippen molar-refractivity contribution in [2.45, 2.75) is 45.1 Å². The number of hydrogen-bond donors (Lipinski definition) is 0. The summed E-state index contributed by atoms with van der Waals surface area (Å²) in [6, 6.07) is 0. The summed E-state index contributed by atoms with van der Waals surface area (Å²) < 4.78 is 0. The molecular formula is C11H20KNO. The second kappa shape index (κ2) is 5.76. The van der Waals surface area contributed by atoms with Crippen molar-refractivity contribution in [3.63, 3.8) is 0 Å². The Labute approximate surface area is 130 Å². The van der Waals surface area contributed by atoms with E-state index in [0.717, 1.165) is 12.8 Å². The molecule has 1 aliphatic carbocycles. The van der Waals surface area contributed by atoms with Crippen molar-refractivity contribution in [3.05, 3.63) is 0 Å². The molecule has 0 atom stereocenters. The van der Waals surface area contributed by atoms with Crippen LogP contribution in [0.3, 0.4) is 0 Å². The van der Waals surface area contributed by atoms with Gasteiger partial charge in [-0.15, -0.1) is 6.10 Å². The Bertz CT molecular complexity index is 170. The number of rotatable bonds is 2. The maximum Gasteiger partial charge on any atom is 1.00 e. The molecule has 0 unspecified atom stereocenters. The Morgan fingerprint density at radius 3 is 2.29 bits per heavy atom. The van der Waals surface area contributed by atoms with Gasteiger partial charge in [0, 0.05) is 0 Å². The van der Waals surface area contributed by atoms with Crippen LogP contribution in [0.4, 0.5) is 0 Å². The molecule has 0 radical (unpaired) electrons.